The molecular formula is C19H23N5O2S. The predicted octanol–water partition coefficient (Wildman–Crippen LogP) is 2.95. The first kappa shape index (κ1) is 17.9. The molecule has 0 saturated heterocycles. The SMILES string of the molecule is CCOCCCNC(=O)N1CCc2c(sc3nc(-c4ccccc4)nn23)C1. The Hall–Kier alpha value is -2.45. The summed E-state index contributed by atoms with van der Waals surface area (Å²) in [4.78, 5) is 21.0. The van der Waals surface area contributed by atoms with Crippen LogP contribution in [-0.4, -0.2) is 51.8 Å². The number of ether oxygens (including phenoxy) is 1. The number of benzene rings is 1. The van der Waals surface area contributed by atoms with Gasteiger partial charge in [0.25, 0.3) is 0 Å². The zero-order chi connectivity index (χ0) is 18.6. The zero-order valence-electron chi connectivity index (χ0n) is 15.4. The van der Waals surface area contributed by atoms with Crippen LogP contribution in [0, 0.1) is 0 Å². The molecule has 0 aliphatic carbocycles. The number of amides is 2. The molecule has 1 aliphatic heterocycles. The van der Waals surface area contributed by atoms with E-state index in [1.165, 1.54) is 10.6 Å². The molecule has 0 unspecified atom stereocenters. The lowest BCUT2D eigenvalue weighted by atomic mass is 10.2. The van der Waals surface area contributed by atoms with Crippen LogP contribution < -0.4 is 5.32 Å². The fourth-order valence-corrected chi connectivity index (χ4v) is 4.31. The van der Waals surface area contributed by atoms with E-state index >= 15 is 0 Å². The van der Waals surface area contributed by atoms with Gasteiger partial charge in [-0.1, -0.05) is 41.7 Å². The highest BCUT2D eigenvalue weighted by molar-refractivity contribution is 7.17. The van der Waals surface area contributed by atoms with Gasteiger partial charge in [-0.05, 0) is 13.3 Å². The lowest BCUT2D eigenvalue weighted by Gasteiger charge is -2.26. The maximum atomic E-state index is 12.4. The molecule has 3 heterocycles. The monoisotopic (exact) mass is 385 g/mol. The number of nitrogens with one attached hydrogen (secondary N) is 1. The van der Waals surface area contributed by atoms with Crippen molar-refractivity contribution in [2.45, 2.75) is 26.3 Å². The summed E-state index contributed by atoms with van der Waals surface area (Å²) in [7, 11) is 0. The zero-order valence-corrected chi connectivity index (χ0v) is 16.2. The molecule has 0 fully saturated rings. The minimum atomic E-state index is -0.0128. The molecule has 142 valence electrons. The first-order valence-electron chi connectivity index (χ1n) is 9.29. The number of thiazole rings is 1. The number of hydrogen-bond acceptors (Lipinski definition) is 5. The van der Waals surface area contributed by atoms with Crippen LogP contribution >= 0.6 is 11.3 Å². The van der Waals surface area contributed by atoms with Crippen molar-refractivity contribution in [1.29, 1.82) is 0 Å². The van der Waals surface area contributed by atoms with Gasteiger partial charge < -0.3 is 15.0 Å². The largest absolute Gasteiger partial charge is 0.382 e. The Morgan fingerprint density at radius 3 is 3.00 bits per heavy atom. The molecule has 0 bridgehead atoms. The van der Waals surface area contributed by atoms with E-state index in [0.29, 0.717) is 32.8 Å². The third-order valence-electron chi connectivity index (χ3n) is 4.59. The molecule has 8 heteroatoms. The van der Waals surface area contributed by atoms with E-state index in [4.69, 9.17) is 4.74 Å². The summed E-state index contributed by atoms with van der Waals surface area (Å²) in [6.07, 6.45) is 1.62. The number of carbonyl (C=O) groups excluding carboxylic acids is 1. The van der Waals surface area contributed by atoms with Gasteiger partial charge in [0.15, 0.2) is 5.82 Å². The van der Waals surface area contributed by atoms with Crippen molar-refractivity contribution in [3.05, 3.63) is 40.9 Å². The van der Waals surface area contributed by atoms with Gasteiger partial charge in [-0.15, -0.1) is 5.10 Å². The van der Waals surface area contributed by atoms with Gasteiger partial charge in [0.2, 0.25) is 4.96 Å². The molecule has 27 heavy (non-hydrogen) atoms. The average Bonchev–Trinajstić information content (AvgIpc) is 3.25. The van der Waals surface area contributed by atoms with Gasteiger partial charge in [0.05, 0.1) is 12.2 Å². The molecule has 0 spiro atoms. The van der Waals surface area contributed by atoms with Gasteiger partial charge in [-0.2, -0.15) is 4.98 Å². The van der Waals surface area contributed by atoms with E-state index in [-0.39, 0.29) is 6.03 Å². The molecule has 1 aromatic carbocycles. The summed E-state index contributed by atoms with van der Waals surface area (Å²) < 4.78 is 7.24. The first-order valence-corrected chi connectivity index (χ1v) is 10.1. The molecule has 0 radical (unpaired) electrons. The van der Waals surface area contributed by atoms with Crippen LogP contribution in [0.3, 0.4) is 0 Å². The van der Waals surface area contributed by atoms with Crippen LogP contribution in [-0.2, 0) is 17.7 Å². The Morgan fingerprint density at radius 2 is 2.19 bits per heavy atom. The average molecular weight is 385 g/mol. The van der Waals surface area contributed by atoms with E-state index in [1.807, 2.05) is 46.7 Å². The Labute approximate surface area is 162 Å². The second kappa shape index (κ2) is 8.06. The van der Waals surface area contributed by atoms with Gasteiger partial charge >= 0.3 is 6.03 Å². The number of carbonyl (C=O) groups is 1. The van der Waals surface area contributed by atoms with Crippen LogP contribution in [0.15, 0.2) is 30.3 Å². The number of fused-ring (bicyclic) bond motifs is 3. The number of rotatable bonds is 6. The Kier molecular flexibility index (Phi) is 5.35. The summed E-state index contributed by atoms with van der Waals surface area (Å²) in [6, 6.07) is 9.99. The molecule has 1 N–H and O–H groups in total. The maximum Gasteiger partial charge on any atom is 0.317 e. The number of hydrogen-bond donors (Lipinski definition) is 1. The van der Waals surface area contributed by atoms with E-state index in [0.717, 1.165) is 29.2 Å². The van der Waals surface area contributed by atoms with Crippen LogP contribution in [0.2, 0.25) is 0 Å². The van der Waals surface area contributed by atoms with Gasteiger partial charge in [-0.25, -0.2) is 9.31 Å². The van der Waals surface area contributed by atoms with Crippen molar-refractivity contribution in [3.63, 3.8) is 0 Å². The van der Waals surface area contributed by atoms with Crippen LogP contribution in [0.1, 0.15) is 23.9 Å². The van der Waals surface area contributed by atoms with Gasteiger partial charge in [-0.3, -0.25) is 0 Å². The summed E-state index contributed by atoms with van der Waals surface area (Å²) in [5.41, 5.74) is 2.19. The summed E-state index contributed by atoms with van der Waals surface area (Å²) in [5.74, 6) is 0.749. The molecule has 4 rings (SSSR count). The van der Waals surface area contributed by atoms with Crippen molar-refractivity contribution in [2.75, 3.05) is 26.3 Å². The fraction of sp³-hybridized carbons (Fsp3) is 0.421. The van der Waals surface area contributed by atoms with Crippen molar-refractivity contribution in [2.24, 2.45) is 0 Å². The minimum absolute atomic E-state index is 0.0128. The van der Waals surface area contributed by atoms with Crippen molar-refractivity contribution < 1.29 is 9.53 Å². The first-order chi connectivity index (χ1) is 13.3. The second-order valence-corrected chi connectivity index (χ2v) is 7.48. The van der Waals surface area contributed by atoms with E-state index < -0.39 is 0 Å². The predicted molar refractivity (Wildman–Crippen MR) is 105 cm³/mol. The molecule has 0 saturated carbocycles. The smallest absolute Gasteiger partial charge is 0.317 e. The third-order valence-corrected chi connectivity index (χ3v) is 5.65. The molecule has 0 atom stereocenters. The standard InChI is InChI=1S/C19H23N5O2S/c1-2-26-12-6-10-20-18(25)23-11-9-15-16(13-23)27-19-21-17(22-24(15)19)14-7-4-3-5-8-14/h3-5,7-8H,2,6,9-13H2,1H3,(H,20,25). The molecule has 1 aliphatic rings. The number of aromatic nitrogens is 3. The van der Waals surface area contributed by atoms with Gasteiger partial charge in [0.1, 0.15) is 0 Å². The summed E-state index contributed by atoms with van der Waals surface area (Å²) in [6.45, 7) is 5.30. The van der Waals surface area contributed by atoms with Crippen molar-refractivity contribution >= 4 is 22.3 Å². The normalized spacial score (nSPS) is 13.7. The maximum absolute atomic E-state index is 12.4. The molecule has 2 aromatic heterocycles. The minimum Gasteiger partial charge on any atom is -0.382 e. The van der Waals surface area contributed by atoms with E-state index in [2.05, 4.69) is 15.4 Å². The second-order valence-electron chi connectivity index (χ2n) is 6.42. The summed E-state index contributed by atoms with van der Waals surface area (Å²) >= 11 is 1.62. The van der Waals surface area contributed by atoms with E-state index in [9.17, 15) is 4.79 Å². The van der Waals surface area contributed by atoms with Gasteiger partial charge in [0, 0.05) is 43.2 Å². The van der Waals surface area contributed by atoms with Crippen LogP contribution in [0.25, 0.3) is 16.3 Å². The lowest BCUT2D eigenvalue weighted by molar-refractivity contribution is 0.143. The highest BCUT2D eigenvalue weighted by Crippen LogP contribution is 2.29. The topological polar surface area (TPSA) is 71.8 Å². The summed E-state index contributed by atoms with van der Waals surface area (Å²) in [5, 5.41) is 7.66. The molecule has 3 aromatic rings. The number of urea groups is 1. The molecule has 7 nitrogen and oxygen atoms in total. The number of nitrogens with zero attached hydrogens (tertiary/aromatic N) is 4. The lowest BCUT2D eigenvalue weighted by Crippen LogP contribution is -2.43. The Morgan fingerprint density at radius 1 is 1.33 bits per heavy atom. The fourth-order valence-electron chi connectivity index (χ4n) is 3.20. The third kappa shape index (κ3) is 3.81. The van der Waals surface area contributed by atoms with Crippen molar-refractivity contribution in [3.8, 4) is 11.4 Å². The Bertz CT molecular complexity index is 921. The highest BCUT2D eigenvalue weighted by Gasteiger charge is 2.26. The van der Waals surface area contributed by atoms with Crippen molar-refractivity contribution in [1.82, 2.24) is 24.8 Å². The van der Waals surface area contributed by atoms with E-state index in [1.54, 1.807) is 11.3 Å². The Balaban J connectivity index is 1.42. The van der Waals surface area contributed by atoms with Crippen LogP contribution in [0.5, 0.6) is 0 Å². The molecule has 2 amide bonds. The molecular weight excluding hydrogens is 362 g/mol. The quantitative estimate of drug-likeness (QED) is 0.662. The highest BCUT2D eigenvalue weighted by atomic mass is 32.1. The van der Waals surface area contributed by atoms with Crippen LogP contribution in [0.4, 0.5) is 4.79 Å².